The van der Waals surface area contributed by atoms with Gasteiger partial charge in [-0.1, -0.05) is 231 Å². The van der Waals surface area contributed by atoms with Crippen LogP contribution >= 0.6 is 0 Å². The maximum Gasteiger partial charge on any atom is 0.136 e. The van der Waals surface area contributed by atoms with Crippen LogP contribution in [0.4, 0.5) is 0 Å². The zero-order valence-electron chi connectivity index (χ0n) is 42.2. The molecule has 0 fully saturated rings. The molecule has 78 heavy (non-hydrogen) atoms. The minimum Gasteiger partial charge on any atom is -0.456 e. The molecular weight excluding hydrogens is 943 g/mol. The number of aromatic nitrogens is 1. The van der Waals surface area contributed by atoms with Crippen molar-refractivity contribution in [2.45, 2.75) is 10.8 Å². The number of para-hydroxylation sites is 1. The lowest BCUT2D eigenvalue weighted by Crippen LogP contribution is -2.25. The number of rotatable bonds is 2. The number of hydrogen-bond donors (Lipinski definition) is 1. The molecule has 2 spiro atoms. The molecule has 0 bridgehead atoms. The Bertz CT molecular complexity index is 5090. The number of hydrogen-bond acceptors (Lipinski definition) is 1. The van der Waals surface area contributed by atoms with E-state index in [2.05, 4.69) is 260 Å². The van der Waals surface area contributed by atoms with Crippen molar-refractivity contribution < 1.29 is 4.42 Å². The summed E-state index contributed by atoms with van der Waals surface area (Å²) in [6, 6.07) is 95.8. The minimum atomic E-state index is -0.419. The lowest BCUT2D eigenvalue weighted by Gasteiger charge is -2.30. The van der Waals surface area contributed by atoms with E-state index < -0.39 is 10.8 Å². The van der Waals surface area contributed by atoms with E-state index in [0.29, 0.717) is 0 Å². The molecule has 2 heteroatoms. The predicted octanol–water partition coefficient (Wildman–Crippen LogP) is 19.5. The van der Waals surface area contributed by atoms with Gasteiger partial charge in [-0.2, -0.15) is 0 Å². The molecular formula is C76H43NO. The predicted molar refractivity (Wildman–Crippen MR) is 322 cm³/mol. The highest BCUT2D eigenvalue weighted by Crippen LogP contribution is 2.66. The molecule has 0 aliphatic heterocycles. The summed E-state index contributed by atoms with van der Waals surface area (Å²) in [5.41, 5.74) is 29.3. The van der Waals surface area contributed by atoms with E-state index in [1.165, 1.54) is 143 Å². The van der Waals surface area contributed by atoms with Gasteiger partial charge in [-0.25, -0.2) is 0 Å². The van der Waals surface area contributed by atoms with Crippen LogP contribution in [0.3, 0.4) is 0 Å². The Morgan fingerprint density at radius 2 is 0.667 bits per heavy atom. The summed E-state index contributed by atoms with van der Waals surface area (Å²) in [5.74, 6) is 0. The lowest BCUT2D eigenvalue weighted by molar-refractivity contribution is 0.668. The number of furan rings is 1. The van der Waals surface area contributed by atoms with E-state index in [-0.39, 0.29) is 0 Å². The maximum atomic E-state index is 7.05. The van der Waals surface area contributed by atoms with Crippen molar-refractivity contribution in [1.29, 1.82) is 0 Å². The first-order valence-electron chi connectivity index (χ1n) is 27.3. The monoisotopic (exact) mass is 985 g/mol. The van der Waals surface area contributed by atoms with Crippen LogP contribution in [0, 0.1) is 0 Å². The molecule has 2 nitrogen and oxygen atoms in total. The van der Waals surface area contributed by atoms with Gasteiger partial charge in [-0.3, -0.25) is 0 Å². The van der Waals surface area contributed by atoms with Gasteiger partial charge in [0.15, 0.2) is 0 Å². The number of fused-ring (bicyclic) bond motifs is 30. The highest BCUT2D eigenvalue weighted by molar-refractivity contribution is 6.27. The third kappa shape index (κ3) is 4.72. The van der Waals surface area contributed by atoms with E-state index in [4.69, 9.17) is 4.42 Å². The Hall–Kier alpha value is -10.0. The smallest absolute Gasteiger partial charge is 0.136 e. The van der Waals surface area contributed by atoms with E-state index >= 15 is 0 Å². The zero-order chi connectivity index (χ0) is 50.6. The minimum absolute atomic E-state index is 0.411. The fraction of sp³-hybridized carbons (Fsp3) is 0.0263. The Kier molecular flexibility index (Phi) is 7.65. The molecule has 358 valence electrons. The molecule has 4 aliphatic rings. The van der Waals surface area contributed by atoms with Crippen LogP contribution in [0.2, 0.25) is 0 Å². The largest absolute Gasteiger partial charge is 0.456 e. The first-order chi connectivity index (χ1) is 38.7. The van der Waals surface area contributed by atoms with Crippen LogP contribution < -0.4 is 0 Å². The van der Waals surface area contributed by atoms with Crippen molar-refractivity contribution in [3.05, 3.63) is 299 Å². The molecule has 13 aromatic carbocycles. The summed E-state index contributed by atoms with van der Waals surface area (Å²) in [6.07, 6.45) is 0. The van der Waals surface area contributed by atoms with Crippen molar-refractivity contribution in [2.24, 2.45) is 0 Å². The fourth-order valence-corrected chi connectivity index (χ4v) is 16.1. The molecule has 2 heterocycles. The van der Waals surface area contributed by atoms with Crippen molar-refractivity contribution in [3.63, 3.8) is 0 Å². The Morgan fingerprint density at radius 3 is 1.19 bits per heavy atom. The summed E-state index contributed by atoms with van der Waals surface area (Å²) in [6.45, 7) is 0. The van der Waals surface area contributed by atoms with Gasteiger partial charge in [0.1, 0.15) is 11.2 Å². The molecule has 0 saturated carbocycles. The van der Waals surface area contributed by atoms with Crippen molar-refractivity contribution in [1.82, 2.24) is 4.98 Å². The highest BCUT2D eigenvalue weighted by atomic mass is 16.3. The summed E-state index contributed by atoms with van der Waals surface area (Å²) in [4.78, 5) is 4.07. The second-order valence-electron chi connectivity index (χ2n) is 22.1. The van der Waals surface area contributed by atoms with Gasteiger partial charge in [-0.15, -0.1) is 0 Å². The molecule has 19 rings (SSSR count). The van der Waals surface area contributed by atoms with Gasteiger partial charge < -0.3 is 9.40 Å². The summed E-state index contributed by atoms with van der Waals surface area (Å²) in [5, 5.41) is 9.68. The van der Waals surface area contributed by atoms with Crippen LogP contribution in [0.1, 0.15) is 44.5 Å². The Balaban J connectivity index is 0.821. The quantitative estimate of drug-likeness (QED) is 0.172. The Labute approximate surface area is 449 Å². The average molecular weight is 986 g/mol. The van der Waals surface area contributed by atoms with Crippen LogP contribution in [-0.2, 0) is 10.8 Å². The third-order valence-electron chi connectivity index (χ3n) is 18.8. The van der Waals surface area contributed by atoms with Gasteiger partial charge >= 0.3 is 0 Å². The molecule has 0 amide bonds. The summed E-state index contributed by atoms with van der Waals surface area (Å²) in [7, 11) is 0. The molecule has 1 N–H and O–H groups in total. The second-order valence-corrected chi connectivity index (χ2v) is 22.1. The number of aromatic amines is 1. The van der Waals surface area contributed by atoms with Crippen LogP contribution in [-0.4, -0.2) is 4.98 Å². The van der Waals surface area contributed by atoms with Gasteiger partial charge in [-0.05, 0) is 152 Å². The van der Waals surface area contributed by atoms with Crippen LogP contribution in [0.25, 0.3) is 132 Å². The van der Waals surface area contributed by atoms with Crippen LogP contribution in [0.15, 0.2) is 259 Å². The summed E-state index contributed by atoms with van der Waals surface area (Å²) >= 11 is 0. The van der Waals surface area contributed by atoms with Crippen molar-refractivity contribution >= 4 is 65.3 Å². The molecule has 0 unspecified atom stereocenters. The fourth-order valence-electron chi connectivity index (χ4n) is 16.1. The molecule has 0 atom stereocenters. The lowest BCUT2D eigenvalue weighted by atomic mass is 9.70. The standard InChI is InChI=1S/C76H43NO/c1-3-24-50-48(22-1)68(43-36-37-54-67(42-43)78-66-41-39-64-71(73(54)66)53-27-10-16-35-62(53)76(64)59-32-13-7-20-46(59)47-21-8-14-33-60(47)76)49-23-2-4-25-51(49)69(50)55-28-17-29-56-72-65(77-74(55)56)40-38-63-70(72)52-26-9-15-34-61(52)75(63)57-30-11-5-18-44(57)45-19-6-12-31-58(45)75/h1-42,77H. The number of nitrogens with one attached hydrogen (secondary N) is 1. The van der Waals surface area contributed by atoms with Gasteiger partial charge in [0.05, 0.1) is 16.3 Å². The number of benzene rings is 13. The first kappa shape index (κ1) is 41.3. The SMILES string of the molecule is c1ccc2c(c1)-c1ccccc1C21c2ccccc2-c2c1ccc1[nH]c3c(-c4c5ccccc5c(-c5ccc6c(c5)oc5ccc7c(c56)-c5ccccc5C75c6ccccc6-c6ccccc65)c5ccccc45)cccc3c21. The number of H-pyrrole nitrogens is 1. The normalized spacial score (nSPS) is 14.4. The van der Waals surface area contributed by atoms with E-state index in [9.17, 15) is 0 Å². The topological polar surface area (TPSA) is 28.9 Å². The highest BCUT2D eigenvalue weighted by Gasteiger charge is 2.54. The molecule has 0 saturated heterocycles. The second kappa shape index (κ2) is 14.5. The third-order valence-corrected chi connectivity index (χ3v) is 18.8. The molecule has 2 aromatic heterocycles. The molecule has 15 aromatic rings. The Morgan fingerprint density at radius 1 is 0.256 bits per heavy atom. The van der Waals surface area contributed by atoms with Crippen LogP contribution in [0.5, 0.6) is 0 Å². The van der Waals surface area contributed by atoms with E-state index in [1.807, 2.05) is 0 Å². The van der Waals surface area contributed by atoms with E-state index in [1.54, 1.807) is 0 Å². The summed E-state index contributed by atoms with van der Waals surface area (Å²) < 4.78 is 7.05. The molecule has 0 radical (unpaired) electrons. The van der Waals surface area contributed by atoms with Crippen molar-refractivity contribution in [2.75, 3.05) is 0 Å². The van der Waals surface area contributed by atoms with Crippen molar-refractivity contribution in [3.8, 4) is 66.8 Å². The average Bonchev–Trinajstić information content (AvgIpc) is 4.38. The van der Waals surface area contributed by atoms with Gasteiger partial charge in [0.25, 0.3) is 0 Å². The molecule has 4 aliphatic carbocycles. The maximum absolute atomic E-state index is 7.05. The first-order valence-corrected chi connectivity index (χ1v) is 27.3. The van der Waals surface area contributed by atoms with Gasteiger partial charge in [0, 0.05) is 32.6 Å². The zero-order valence-corrected chi connectivity index (χ0v) is 42.2. The van der Waals surface area contributed by atoms with Gasteiger partial charge in [0.2, 0.25) is 0 Å². The van der Waals surface area contributed by atoms with E-state index in [0.717, 1.165) is 33.1 Å².